The van der Waals surface area contributed by atoms with Crippen LogP contribution in [0, 0.1) is 0 Å². The van der Waals surface area contributed by atoms with Gasteiger partial charge in [-0.2, -0.15) is 0 Å². The molecule has 0 radical (unpaired) electrons. The maximum atomic E-state index is 5.55. The van der Waals surface area contributed by atoms with Crippen molar-refractivity contribution >= 4 is 11.0 Å². The van der Waals surface area contributed by atoms with Crippen LogP contribution in [0.4, 0.5) is 0 Å². The monoisotopic (exact) mass is 402 g/mol. The number of aromatic nitrogens is 2. The van der Waals surface area contributed by atoms with E-state index in [4.69, 9.17) is 19.2 Å². The predicted octanol–water partition coefficient (Wildman–Crippen LogP) is 5.36. The Labute approximate surface area is 176 Å². The highest BCUT2D eigenvalue weighted by Gasteiger charge is 2.18. The molecule has 5 nitrogen and oxygen atoms in total. The van der Waals surface area contributed by atoms with Gasteiger partial charge in [-0.05, 0) is 42.7 Å². The highest BCUT2D eigenvalue weighted by Crippen LogP contribution is 2.41. The Morgan fingerprint density at radius 1 is 0.800 bits per heavy atom. The number of methoxy groups -OCH3 is 3. The average Bonchev–Trinajstić information content (AvgIpc) is 3.17. The summed E-state index contributed by atoms with van der Waals surface area (Å²) < 4.78 is 18.9. The summed E-state index contributed by atoms with van der Waals surface area (Å²) >= 11 is 0. The molecule has 0 N–H and O–H groups in total. The SMILES string of the molecule is COc1cc(-c2nc3ccccc3n2CCCc2ccccc2)cc(OC)c1OC. The standard InChI is InChI=1S/C25H26N2O3/c1-28-22-16-19(17-23(29-2)24(22)30-3)25-26-20-13-7-8-14-21(20)27(25)15-9-12-18-10-5-4-6-11-18/h4-8,10-11,13-14,16-17H,9,12,15H2,1-3H3. The summed E-state index contributed by atoms with van der Waals surface area (Å²) in [6.07, 6.45) is 2.03. The van der Waals surface area contributed by atoms with Crippen LogP contribution < -0.4 is 14.2 Å². The van der Waals surface area contributed by atoms with Gasteiger partial charge in [-0.25, -0.2) is 4.98 Å². The highest BCUT2D eigenvalue weighted by atomic mass is 16.5. The van der Waals surface area contributed by atoms with Crippen molar-refractivity contribution in [3.63, 3.8) is 0 Å². The number of rotatable bonds is 8. The number of benzene rings is 3. The lowest BCUT2D eigenvalue weighted by atomic mass is 10.1. The van der Waals surface area contributed by atoms with Gasteiger partial charge >= 0.3 is 0 Å². The number of hydrogen-bond donors (Lipinski definition) is 0. The Balaban J connectivity index is 1.74. The van der Waals surface area contributed by atoms with E-state index >= 15 is 0 Å². The van der Waals surface area contributed by atoms with Gasteiger partial charge in [0.25, 0.3) is 0 Å². The maximum Gasteiger partial charge on any atom is 0.203 e. The van der Waals surface area contributed by atoms with Crippen LogP contribution in [-0.4, -0.2) is 30.9 Å². The molecule has 0 aliphatic rings. The largest absolute Gasteiger partial charge is 0.493 e. The van der Waals surface area contributed by atoms with Gasteiger partial charge in [0.05, 0.1) is 32.4 Å². The molecule has 0 fully saturated rings. The minimum atomic E-state index is 0.579. The zero-order valence-corrected chi connectivity index (χ0v) is 17.6. The quantitative estimate of drug-likeness (QED) is 0.398. The number of para-hydroxylation sites is 2. The fourth-order valence-electron chi connectivity index (χ4n) is 3.82. The fraction of sp³-hybridized carbons (Fsp3) is 0.240. The molecule has 154 valence electrons. The molecule has 0 saturated carbocycles. The van der Waals surface area contributed by atoms with Crippen molar-refractivity contribution < 1.29 is 14.2 Å². The molecular weight excluding hydrogens is 376 g/mol. The zero-order chi connectivity index (χ0) is 20.9. The van der Waals surface area contributed by atoms with E-state index in [0.717, 1.165) is 41.8 Å². The van der Waals surface area contributed by atoms with Crippen LogP contribution in [0.1, 0.15) is 12.0 Å². The Bertz CT molecular complexity index is 1110. The molecule has 1 aromatic heterocycles. The van der Waals surface area contributed by atoms with Crippen LogP contribution in [0.3, 0.4) is 0 Å². The third-order valence-corrected chi connectivity index (χ3v) is 5.27. The van der Waals surface area contributed by atoms with E-state index in [0.29, 0.717) is 17.2 Å². The molecule has 0 atom stereocenters. The molecule has 0 aliphatic heterocycles. The first kappa shape index (κ1) is 19.8. The van der Waals surface area contributed by atoms with E-state index in [1.54, 1.807) is 21.3 Å². The molecule has 0 amide bonds. The molecule has 3 aromatic carbocycles. The van der Waals surface area contributed by atoms with Crippen molar-refractivity contribution in [2.45, 2.75) is 19.4 Å². The van der Waals surface area contributed by atoms with Gasteiger partial charge in [0, 0.05) is 12.1 Å². The summed E-state index contributed by atoms with van der Waals surface area (Å²) in [7, 11) is 4.87. The van der Waals surface area contributed by atoms with Crippen LogP contribution in [-0.2, 0) is 13.0 Å². The Morgan fingerprint density at radius 3 is 2.13 bits per heavy atom. The Morgan fingerprint density at radius 2 is 1.47 bits per heavy atom. The summed E-state index contributed by atoms with van der Waals surface area (Å²) in [5.74, 6) is 2.71. The molecule has 0 spiro atoms. The van der Waals surface area contributed by atoms with E-state index in [1.165, 1.54) is 5.56 Å². The normalized spacial score (nSPS) is 10.9. The first-order valence-corrected chi connectivity index (χ1v) is 10.0. The van der Waals surface area contributed by atoms with Crippen molar-refractivity contribution in [2.75, 3.05) is 21.3 Å². The Hall–Kier alpha value is -3.47. The smallest absolute Gasteiger partial charge is 0.203 e. The number of hydrogen-bond acceptors (Lipinski definition) is 4. The van der Waals surface area contributed by atoms with Crippen molar-refractivity contribution in [3.05, 3.63) is 72.3 Å². The minimum Gasteiger partial charge on any atom is -0.493 e. The number of nitrogens with zero attached hydrogens (tertiary/aromatic N) is 2. The van der Waals surface area contributed by atoms with Gasteiger partial charge in [0.2, 0.25) is 5.75 Å². The summed E-state index contributed by atoms with van der Waals surface area (Å²) in [6.45, 7) is 0.863. The second-order valence-corrected chi connectivity index (χ2v) is 7.08. The van der Waals surface area contributed by atoms with Gasteiger partial charge in [-0.1, -0.05) is 42.5 Å². The maximum absolute atomic E-state index is 5.55. The van der Waals surface area contributed by atoms with Crippen LogP contribution >= 0.6 is 0 Å². The van der Waals surface area contributed by atoms with E-state index < -0.39 is 0 Å². The first-order valence-electron chi connectivity index (χ1n) is 10.0. The number of aryl methyl sites for hydroxylation is 2. The third-order valence-electron chi connectivity index (χ3n) is 5.27. The van der Waals surface area contributed by atoms with Gasteiger partial charge in [0.1, 0.15) is 5.82 Å². The van der Waals surface area contributed by atoms with Crippen LogP contribution in [0.15, 0.2) is 66.7 Å². The lowest BCUT2D eigenvalue weighted by Gasteiger charge is -2.15. The molecule has 5 heteroatoms. The van der Waals surface area contributed by atoms with E-state index in [2.05, 4.69) is 47.0 Å². The van der Waals surface area contributed by atoms with Crippen molar-refractivity contribution in [1.82, 2.24) is 9.55 Å². The Kier molecular flexibility index (Phi) is 5.89. The molecule has 30 heavy (non-hydrogen) atoms. The number of imidazole rings is 1. The zero-order valence-electron chi connectivity index (χ0n) is 17.6. The lowest BCUT2D eigenvalue weighted by Crippen LogP contribution is -2.03. The topological polar surface area (TPSA) is 45.5 Å². The molecule has 4 aromatic rings. The van der Waals surface area contributed by atoms with Crippen LogP contribution in [0.25, 0.3) is 22.4 Å². The predicted molar refractivity (Wildman–Crippen MR) is 120 cm³/mol. The molecule has 4 rings (SSSR count). The van der Waals surface area contributed by atoms with Gasteiger partial charge < -0.3 is 18.8 Å². The lowest BCUT2D eigenvalue weighted by molar-refractivity contribution is 0.324. The van der Waals surface area contributed by atoms with E-state index in [9.17, 15) is 0 Å². The van der Waals surface area contributed by atoms with Crippen LogP contribution in [0.5, 0.6) is 17.2 Å². The number of ether oxygens (including phenoxy) is 3. The van der Waals surface area contributed by atoms with Crippen molar-refractivity contribution in [1.29, 1.82) is 0 Å². The summed E-state index contributed by atoms with van der Waals surface area (Å²) in [4.78, 5) is 4.93. The first-order chi connectivity index (χ1) is 14.7. The van der Waals surface area contributed by atoms with Gasteiger partial charge in [0.15, 0.2) is 11.5 Å². The summed E-state index contributed by atoms with van der Waals surface area (Å²) in [5, 5.41) is 0. The second-order valence-electron chi connectivity index (χ2n) is 7.08. The number of fused-ring (bicyclic) bond motifs is 1. The summed E-state index contributed by atoms with van der Waals surface area (Å²) in [6, 6.07) is 22.7. The van der Waals surface area contributed by atoms with E-state index in [-0.39, 0.29) is 0 Å². The minimum absolute atomic E-state index is 0.579. The highest BCUT2D eigenvalue weighted by molar-refractivity contribution is 5.81. The molecule has 0 bridgehead atoms. The molecular formula is C25H26N2O3. The van der Waals surface area contributed by atoms with Gasteiger partial charge in [-0.15, -0.1) is 0 Å². The van der Waals surface area contributed by atoms with E-state index in [1.807, 2.05) is 24.3 Å². The fourth-order valence-corrected chi connectivity index (χ4v) is 3.82. The van der Waals surface area contributed by atoms with Crippen LogP contribution in [0.2, 0.25) is 0 Å². The summed E-state index contributed by atoms with van der Waals surface area (Å²) in [5.41, 5.74) is 4.37. The molecule has 0 saturated heterocycles. The molecule has 0 aliphatic carbocycles. The van der Waals surface area contributed by atoms with Crippen molar-refractivity contribution in [2.24, 2.45) is 0 Å². The second kappa shape index (κ2) is 8.91. The molecule has 0 unspecified atom stereocenters. The van der Waals surface area contributed by atoms with Crippen molar-refractivity contribution in [3.8, 4) is 28.6 Å². The molecule has 1 heterocycles. The third kappa shape index (κ3) is 3.83. The van der Waals surface area contributed by atoms with Gasteiger partial charge in [-0.3, -0.25) is 0 Å². The average molecular weight is 402 g/mol.